The van der Waals surface area contributed by atoms with E-state index in [2.05, 4.69) is 24.9 Å². The number of amides is 1. The number of hydrogen-bond acceptors (Lipinski definition) is 7. The van der Waals surface area contributed by atoms with Gasteiger partial charge in [-0.25, -0.2) is 4.98 Å². The van der Waals surface area contributed by atoms with Crippen LogP contribution in [-0.2, 0) is 0 Å². The molecule has 0 aliphatic carbocycles. The minimum Gasteiger partial charge on any atom is -0.467 e. The van der Waals surface area contributed by atoms with Crippen LogP contribution >= 0.6 is 0 Å². The lowest BCUT2D eigenvalue weighted by Gasteiger charge is -2.32. The molecule has 4 rings (SSSR count). The first-order valence-electron chi connectivity index (χ1n) is 9.66. The number of aromatic amines is 1. The van der Waals surface area contributed by atoms with Crippen LogP contribution in [0.1, 0.15) is 34.9 Å². The molecular weight excluding hydrogens is 415 g/mol. The van der Waals surface area contributed by atoms with E-state index in [9.17, 15) is 18.0 Å². The molecule has 9 nitrogen and oxygen atoms in total. The Morgan fingerprint density at radius 2 is 2.06 bits per heavy atom. The van der Waals surface area contributed by atoms with Gasteiger partial charge in [-0.1, -0.05) is 0 Å². The normalized spacial score (nSPS) is 15.3. The van der Waals surface area contributed by atoms with Gasteiger partial charge in [-0.3, -0.25) is 4.79 Å². The van der Waals surface area contributed by atoms with Gasteiger partial charge >= 0.3 is 12.2 Å². The van der Waals surface area contributed by atoms with Crippen molar-refractivity contribution in [2.45, 2.75) is 24.9 Å². The summed E-state index contributed by atoms with van der Waals surface area (Å²) in [5, 5.41) is 2.85. The molecule has 0 bridgehead atoms. The topological polar surface area (TPSA) is 109 Å². The average Bonchev–Trinajstić information content (AvgIpc) is 3.21. The van der Waals surface area contributed by atoms with Crippen LogP contribution in [0.25, 0.3) is 11.0 Å². The highest BCUT2D eigenvalue weighted by Crippen LogP contribution is 2.33. The van der Waals surface area contributed by atoms with Crippen LogP contribution in [0.4, 0.5) is 19.1 Å². The van der Waals surface area contributed by atoms with Gasteiger partial charge in [0.25, 0.3) is 5.91 Å². The summed E-state index contributed by atoms with van der Waals surface area (Å²) in [4.78, 5) is 33.5. The van der Waals surface area contributed by atoms with Crippen LogP contribution in [0, 0.1) is 0 Å². The van der Waals surface area contributed by atoms with Gasteiger partial charge in [-0.2, -0.15) is 28.1 Å². The molecule has 1 amide bonds. The number of pyridine rings is 1. The smallest absolute Gasteiger partial charge is 0.405 e. The van der Waals surface area contributed by atoms with Gasteiger partial charge in [0, 0.05) is 30.9 Å². The monoisotopic (exact) mass is 435 g/mol. The molecular formula is C19H20F3N7O2. The van der Waals surface area contributed by atoms with E-state index >= 15 is 0 Å². The maximum atomic E-state index is 12.4. The van der Waals surface area contributed by atoms with Gasteiger partial charge in [0.1, 0.15) is 12.2 Å². The number of piperidine rings is 1. The third-order valence-electron chi connectivity index (χ3n) is 5.14. The fraction of sp³-hybridized carbons (Fsp3) is 0.421. The van der Waals surface area contributed by atoms with E-state index < -0.39 is 24.5 Å². The van der Waals surface area contributed by atoms with E-state index in [0.717, 1.165) is 23.9 Å². The Labute approximate surface area is 175 Å². The quantitative estimate of drug-likeness (QED) is 0.634. The minimum atomic E-state index is -4.53. The minimum absolute atomic E-state index is 0.132. The second-order valence-corrected chi connectivity index (χ2v) is 7.15. The van der Waals surface area contributed by atoms with Crippen LogP contribution < -0.4 is 15.0 Å². The highest BCUT2D eigenvalue weighted by Gasteiger charge is 2.30. The van der Waals surface area contributed by atoms with Gasteiger partial charge < -0.3 is 19.9 Å². The van der Waals surface area contributed by atoms with Crippen molar-refractivity contribution in [3.63, 3.8) is 0 Å². The highest BCUT2D eigenvalue weighted by atomic mass is 19.4. The van der Waals surface area contributed by atoms with Crippen LogP contribution in [0.3, 0.4) is 0 Å². The zero-order valence-corrected chi connectivity index (χ0v) is 16.6. The van der Waals surface area contributed by atoms with Crippen LogP contribution in [-0.4, -0.2) is 63.7 Å². The largest absolute Gasteiger partial charge is 0.467 e. The van der Waals surface area contributed by atoms with Crippen molar-refractivity contribution >= 4 is 22.9 Å². The van der Waals surface area contributed by atoms with E-state index in [4.69, 9.17) is 4.74 Å². The lowest BCUT2D eigenvalue weighted by molar-refractivity contribution is -0.123. The molecule has 4 heterocycles. The van der Waals surface area contributed by atoms with Crippen LogP contribution in [0.15, 0.2) is 24.5 Å². The first kappa shape index (κ1) is 20.8. The standard InChI is InChI=1S/C19H20F3N7O2/c1-31-18-27-15(16(30)25-10-19(20,21)22)26-17(28-18)29-7-4-11(5-8-29)13-9-24-14-12(13)3-2-6-23-14/h2-3,6,9,11H,4-5,7-8,10H2,1H3,(H,23,24)(H,25,30). The number of carbonyl (C=O) groups excluding carboxylic acids is 1. The number of nitrogens with zero attached hydrogens (tertiary/aromatic N) is 5. The SMILES string of the molecule is COc1nc(C(=O)NCC(F)(F)F)nc(N2CCC(c3c[nH]c4ncccc34)CC2)n1. The predicted octanol–water partition coefficient (Wildman–Crippen LogP) is 2.43. The Morgan fingerprint density at radius 3 is 2.77 bits per heavy atom. The Kier molecular flexibility index (Phi) is 5.61. The molecule has 0 unspecified atom stereocenters. The van der Waals surface area contributed by atoms with Crippen molar-refractivity contribution < 1.29 is 22.7 Å². The van der Waals surface area contributed by atoms with Crippen LogP contribution in [0.5, 0.6) is 6.01 Å². The summed E-state index contributed by atoms with van der Waals surface area (Å²) in [5.41, 5.74) is 2.04. The summed E-state index contributed by atoms with van der Waals surface area (Å²) >= 11 is 0. The number of rotatable bonds is 5. The lowest BCUT2D eigenvalue weighted by Crippen LogP contribution is -2.37. The van der Waals surface area contributed by atoms with E-state index in [0.29, 0.717) is 19.0 Å². The summed E-state index contributed by atoms with van der Waals surface area (Å²) in [7, 11) is 1.31. The number of nitrogens with one attached hydrogen (secondary N) is 2. The van der Waals surface area contributed by atoms with Crippen LogP contribution in [0.2, 0.25) is 0 Å². The van der Waals surface area contributed by atoms with Gasteiger partial charge in [0.05, 0.1) is 7.11 Å². The molecule has 1 aliphatic rings. The highest BCUT2D eigenvalue weighted by molar-refractivity contribution is 5.90. The Hall–Kier alpha value is -3.44. The van der Waals surface area contributed by atoms with Crippen molar-refractivity contribution in [3.8, 4) is 6.01 Å². The number of methoxy groups -OCH3 is 1. The van der Waals surface area contributed by atoms with Gasteiger partial charge in [0.15, 0.2) is 0 Å². The Morgan fingerprint density at radius 1 is 1.29 bits per heavy atom. The molecule has 1 aliphatic heterocycles. The second-order valence-electron chi connectivity index (χ2n) is 7.15. The maximum absolute atomic E-state index is 12.4. The first-order chi connectivity index (χ1) is 14.8. The predicted molar refractivity (Wildman–Crippen MR) is 105 cm³/mol. The summed E-state index contributed by atoms with van der Waals surface area (Å²) in [6, 6.07) is 3.80. The molecule has 31 heavy (non-hydrogen) atoms. The molecule has 3 aromatic heterocycles. The molecule has 0 spiro atoms. The van der Waals surface area contributed by atoms with E-state index in [1.54, 1.807) is 11.5 Å². The van der Waals surface area contributed by atoms with Crippen molar-refractivity contribution in [2.75, 3.05) is 31.6 Å². The number of aromatic nitrogens is 5. The zero-order chi connectivity index (χ0) is 22.0. The summed E-state index contributed by atoms with van der Waals surface area (Å²) in [6.45, 7) is -0.261. The van der Waals surface area contributed by atoms with Crippen molar-refractivity contribution in [1.82, 2.24) is 30.2 Å². The average molecular weight is 435 g/mol. The molecule has 1 fully saturated rings. The fourth-order valence-corrected chi connectivity index (χ4v) is 3.65. The number of halogens is 3. The van der Waals surface area contributed by atoms with Crippen molar-refractivity contribution in [1.29, 1.82) is 0 Å². The summed E-state index contributed by atoms with van der Waals surface area (Å²) in [6.07, 6.45) is 0.807. The molecule has 164 valence electrons. The summed E-state index contributed by atoms with van der Waals surface area (Å²) < 4.78 is 42.2. The van der Waals surface area contributed by atoms with E-state index in [1.165, 1.54) is 12.7 Å². The van der Waals surface area contributed by atoms with Gasteiger partial charge in [-0.05, 0) is 36.5 Å². The zero-order valence-electron chi connectivity index (χ0n) is 16.6. The molecule has 0 aromatic carbocycles. The number of ether oxygens (including phenoxy) is 1. The second kappa shape index (κ2) is 8.36. The van der Waals surface area contributed by atoms with E-state index in [1.807, 2.05) is 23.2 Å². The molecule has 12 heteroatoms. The number of fused-ring (bicyclic) bond motifs is 1. The molecule has 0 saturated carbocycles. The third-order valence-corrected chi connectivity index (χ3v) is 5.14. The fourth-order valence-electron chi connectivity index (χ4n) is 3.65. The van der Waals surface area contributed by atoms with E-state index in [-0.39, 0.29) is 12.0 Å². The van der Waals surface area contributed by atoms with Crippen molar-refractivity contribution in [2.24, 2.45) is 0 Å². The number of H-pyrrole nitrogens is 1. The number of alkyl halides is 3. The number of carbonyl (C=O) groups is 1. The molecule has 0 atom stereocenters. The molecule has 1 saturated heterocycles. The molecule has 3 aromatic rings. The van der Waals surface area contributed by atoms with Crippen molar-refractivity contribution in [3.05, 3.63) is 35.9 Å². The lowest BCUT2D eigenvalue weighted by atomic mass is 9.89. The summed E-state index contributed by atoms with van der Waals surface area (Å²) in [5.74, 6) is -0.952. The number of anilines is 1. The first-order valence-corrected chi connectivity index (χ1v) is 9.66. The Balaban J connectivity index is 1.48. The molecule has 2 N–H and O–H groups in total. The molecule has 0 radical (unpaired) electrons. The van der Waals surface area contributed by atoms with Gasteiger partial charge in [0.2, 0.25) is 11.8 Å². The maximum Gasteiger partial charge on any atom is 0.405 e. The number of hydrogen-bond donors (Lipinski definition) is 2. The van der Waals surface area contributed by atoms with Gasteiger partial charge in [-0.15, -0.1) is 0 Å². The third kappa shape index (κ3) is 4.67. The Bertz CT molecular complexity index is 1080.